The van der Waals surface area contributed by atoms with Crippen molar-refractivity contribution in [2.24, 2.45) is 0 Å². The lowest BCUT2D eigenvalue weighted by atomic mass is 9.95. The van der Waals surface area contributed by atoms with Gasteiger partial charge in [-0.2, -0.15) is 5.10 Å². The number of rotatable bonds is 9. The Morgan fingerprint density at radius 3 is 2.66 bits per heavy atom. The summed E-state index contributed by atoms with van der Waals surface area (Å²) in [4.78, 5) is 43.6. The maximum absolute atomic E-state index is 13.7. The average molecular weight is 556 g/mol. The third-order valence-electron chi connectivity index (χ3n) is 7.11. The number of carbonyl (C=O) groups is 3. The molecule has 0 unspecified atom stereocenters. The van der Waals surface area contributed by atoms with Crippen LogP contribution >= 0.6 is 0 Å². The number of halogens is 1. The van der Waals surface area contributed by atoms with Crippen LogP contribution in [-0.2, 0) is 24.3 Å². The highest BCUT2D eigenvalue weighted by Gasteiger charge is 2.34. The number of aromatic amines is 1. The van der Waals surface area contributed by atoms with Gasteiger partial charge in [0, 0.05) is 47.6 Å². The van der Waals surface area contributed by atoms with Crippen molar-refractivity contribution in [3.63, 3.8) is 0 Å². The minimum atomic E-state index is -0.452. The lowest BCUT2D eigenvalue weighted by Gasteiger charge is -2.32. The van der Waals surface area contributed by atoms with Crippen LogP contribution in [-0.4, -0.2) is 50.9 Å². The van der Waals surface area contributed by atoms with E-state index in [0.717, 1.165) is 11.3 Å². The van der Waals surface area contributed by atoms with Crippen LogP contribution < -0.4 is 10.1 Å². The third kappa shape index (κ3) is 5.81. The molecule has 0 radical (unpaired) electrons. The first-order valence-corrected chi connectivity index (χ1v) is 13.2. The van der Waals surface area contributed by atoms with Crippen molar-refractivity contribution >= 4 is 23.3 Å². The molecule has 0 spiro atoms. The van der Waals surface area contributed by atoms with Crippen LogP contribution in [0.15, 0.2) is 73.4 Å². The molecule has 0 saturated carbocycles. The number of hydrogen-bond acceptors (Lipinski definition) is 5. The Kier molecular flexibility index (Phi) is 7.82. The maximum atomic E-state index is 13.7. The standard InChI is InChI=1S/C31H30FN5O4/c1-4-24(38)15-21-14-23(11-12-27(21)41-3)34-30(39)28-25-18-36(31(40)26-6-5-13-33-26)16-19(2)29(25)37(35-28)17-20-7-9-22(32)10-8-20/h4-14,19,33H,1,15-18H2,2-3H3,(H,34,39)/t19-/m0/s1. The largest absolute Gasteiger partial charge is 0.496 e. The number of ether oxygens (including phenoxy) is 1. The molecule has 0 fully saturated rings. The minimum Gasteiger partial charge on any atom is -0.496 e. The molecule has 0 bridgehead atoms. The molecule has 1 atom stereocenters. The SMILES string of the molecule is C=CC(=O)Cc1cc(NC(=O)c2nn(Cc3ccc(F)cc3)c3c2CN(C(=O)c2ccc[nH]2)C[C@@H]3C)ccc1OC. The molecule has 210 valence electrons. The van der Waals surface area contributed by atoms with Crippen molar-refractivity contribution in [3.8, 4) is 5.75 Å². The van der Waals surface area contributed by atoms with Gasteiger partial charge in [-0.1, -0.05) is 25.6 Å². The number of aromatic nitrogens is 3. The fraction of sp³-hybridized carbons (Fsp3) is 0.226. The van der Waals surface area contributed by atoms with Gasteiger partial charge in [-0.3, -0.25) is 19.1 Å². The fourth-order valence-corrected chi connectivity index (χ4v) is 5.19. The zero-order valence-electron chi connectivity index (χ0n) is 22.8. The van der Waals surface area contributed by atoms with Crippen molar-refractivity contribution in [3.05, 3.63) is 113 Å². The van der Waals surface area contributed by atoms with Gasteiger partial charge in [0.05, 0.1) is 20.2 Å². The summed E-state index contributed by atoms with van der Waals surface area (Å²) in [6, 6.07) is 14.7. The highest BCUT2D eigenvalue weighted by molar-refractivity contribution is 6.04. The van der Waals surface area contributed by atoms with E-state index < -0.39 is 5.91 Å². The summed E-state index contributed by atoms with van der Waals surface area (Å²) in [6.45, 7) is 6.49. The summed E-state index contributed by atoms with van der Waals surface area (Å²) in [5.41, 5.74) is 4.05. The topological polar surface area (TPSA) is 109 Å². The van der Waals surface area contributed by atoms with Crippen molar-refractivity contribution in [1.29, 1.82) is 0 Å². The number of anilines is 1. The molecule has 2 aromatic carbocycles. The molecular formula is C31H30FN5O4. The summed E-state index contributed by atoms with van der Waals surface area (Å²) in [5, 5.41) is 7.60. The molecule has 9 nitrogen and oxygen atoms in total. The third-order valence-corrected chi connectivity index (χ3v) is 7.11. The lowest BCUT2D eigenvalue weighted by Crippen LogP contribution is -2.38. The number of allylic oxidation sites excluding steroid dienone is 1. The van der Waals surface area contributed by atoms with Gasteiger partial charge >= 0.3 is 0 Å². The number of H-pyrrole nitrogens is 1. The first-order chi connectivity index (χ1) is 19.8. The zero-order chi connectivity index (χ0) is 29.1. The van der Waals surface area contributed by atoms with Crippen LogP contribution in [0.25, 0.3) is 0 Å². The second kappa shape index (κ2) is 11.6. The molecule has 3 heterocycles. The van der Waals surface area contributed by atoms with Gasteiger partial charge in [0.15, 0.2) is 11.5 Å². The minimum absolute atomic E-state index is 0.0748. The number of nitrogens with zero attached hydrogens (tertiary/aromatic N) is 3. The Morgan fingerprint density at radius 2 is 1.98 bits per heavy atom. The van der Waals surface area contributed by atoms with E-state index in [9.17, 15) is 18.8 Å². The fourth-order valence-electron chi connectivity index (χ4n) is 5.19. The first-order valence-electron chi connectivity index (χ1n) is 13.2. The number of nitrogens with one attached hydrogen (secondary N) is 2. The van der Waals surface area contributed by atoms with E-state index in [1.165, 1.54) is 25.3 Å². The van der Waals surface area contributed by atoms with E-state index in [1.807, 2.05) is 6.92 Å². The van der Waals surface area contributed by atoms with E-state index in [-0.39, 0.29) is 42.1 Å². The van der Waals surface area contributed by atoms with Crippen LogP contribution in [0.1, 0.15) is 56.2 Å². The number of ketones is 1. The second-order valence-corrected chi connectivity index (χ2v) is 9.99. The molecule has 2 amide bonds. The van der Waals surface area contributed by atoms with Gasteiger partial charge in [0.1, 0.15) is 17.3 Å². The molecule has 2 aromatic heterocycles. The second-order valence-electron chi connectivity index (χ2n) is 9.99. The Labute approximate surface area is 236 Å². The van der Waals surface area contributed by atoms with E-state index in [2.05, 4.69) is 16.9 Å². The highest BCUT2D eigenvalue weighted by Crippen LogP contribution is 2.33. The summed E-state index contributed by atoms with van der Waals surface area (Å²) >= 11 is 0. The number of amides is 2. The predicted molar refractivity (Wildman–Crippen MR) is 152 cm³/mol. The monoisotopic (exact) mass is 555 g/mol. The Hall–Kier alpha value is -4.99. The van der Waals surface area contributed by atoms with Gasteiger partial charge in [0.2, 0.25) is 0 Å². The summed E-state index contributed by atoms with van der Waals surface area (Å²) in [6.07, 6.45) is 3.01. The molecule has 10 heteroatoms. The number of methoxy groups -OCH3 is 1. The molecule has 0 aliphatic carbocycles. The normalized spacial score (nSPS) is 14.3. The number of carbonyl (C=O) groups excluding carboxylic acids is 3. The van der Waals surface area contributed by atoms with Crippen LogP contribution in [0.3, 0.4) is 0 Å². The van der Waals surface area contributed by atoms with Gasteiger partial charge in [-0.15, -0.1) is 0 Å². The highest BCUT2D eigenvalue weighted by atomic mass is 19.1. The Balaban J connectivity index is 1.50. The Morgan fingerprint density at radius 1 is 1.20 bits per heavy atom. The van der Waals surface area contributed by atoms with Crippen molar-refractivity contribution < 1.29 is 23.5 Å². The number of fused-ring (bicyclic) bond motifs is 1. The maximum Gasteiger partial charge on any atom is 0.276 e. The quantitative estimate of drug-likeness (QED) is 0.291. The number of hydrogen-bond donors (Lipinski definition) is 2. The van der Waals surface area contributed by atoms with E-state index >= 15 is 0 Å². The number of benzene rings is 2. The van der Waals surface area contributed by atoms with Crippen molar-refractivity contribution in [1.82, 2.24) is 19.7 Å². The van der Waals surface area contributed by atoms with E-state index in [4.69, 9.17) is 9.84 Å². The molecule has 4 aromatic rings. The Bertz CT molecular complexity index is 1610. The lowest BCUT2D eigenvalue weighted by molar-refractivity contribution is -0.114. The predicted octanol–water partition coefficient (Wildman–Crippen LogP) is 4.72. The van der Waals surface area contributed by atoms with Gasteiger partial charge < -0.3 is 19.9 Å². The van der Waals surface area contributed by atoms with Crippen LogP contribution in [0, 0.1) is 5.82 Å². The molecular weight excluding hydrogens is 525 g/mol. The molecule has 1 aliphatic rings. The van der Waals surface area contributed by atoms with Crippen LogP contribution in [0.2, 0.25) is 0 Å². The zero-order valence-corrected chi connectivity index (χ0v) is 22.8. The summed E-state index contributed by atoms with van der Waals surface area (Å²) in [7, 11) is 1.51. The molecule has 2 N–H and O–H groups in total. The van der Waals surface area contributed by atoms with Crippen molar-refractivity contribution in [2.75, 3.05) is 19.0 Å². The van der Waals surface area contributed by atoms with Crippen LogP contribution in [0.5, 0.6) is 5.75 Å². The van der Waals surface area contributed by atoms with E-state index in [0.29, 0.717) is 41.3 Å². The van der Waals surface area contributed by atoms with Crippen LogP contribution in [0.4, 0.5) is 10.1 Å². The molecule has 1 aliphatic heterocycles. The average Bonchev–Trinajstić information content (AvgIpc) is 3.63. The molecule has 0 saturated heterocycles. The van der Waals surface area contributed by atoms with Crippen molar-refractivity contribution in [2.45, 2.75) is 32.4 Å². The molecule has 41 heavy (non-hydrogen) atoms. The molecule has 5 rings (SSSR count). The summed E-state index contributed by atoms with van der Waals surface area (Å²) in [5.74, 6) is -0.738. The first kappa shape index (κ1) is 27.6. The summed E-state index contributed by atoms with van der Waals surface area (Å²) < 4.78 is 20.7. The smallest absolute Gasteiger partial charge is 0.276 e. The van der Waals surface area contributed by atoms with Gasteiger partial charge in [0.25, 0.3) is 11.8 Å². The van der Waals surface area contributed by atoms with E-state index in [1.54, 1.807) is 58.2 Å². The van der Waals surface area contributed by atoms with Gasteiger partial charge in [-0.25, -0.2) is 4.39 Å². The van der Waals surface area contributed by atoms with Gasteiger partial charge in [-0.05, 0) is 54.1 Å².